The van der Waals surface area contributed by atoms with Gasteiger partial charge in [-0.1, -0.05) is 12.1 Å². The smallest absolute Gasteiger partial charge is 0.306 e. The molecule has 1 unspecified atom stereocenters. The maximum Gasteiger partial charge on any atom is 0.306 e. The number of hydrogen-bond donors (Lipinski definition) is 6. The summed E-state index contributed by atoms with van der Waals surface area (Å²) in [5, 5.41) is 50.9. The van der Waals surface area contributed by atoms with E-state index >= 15 is 0 Å². The van der Waals surface area contributed by atoms with Gasteiger partial charge in [-0.3, -0.25) is 29.5 Å². The molecular weight excluding hydrogens is 543 g/mol. The Hall–Kier alpha value is -3.37. The van der Waals surface area contributed by atoms with Crippen LogP contribution in [-0.4, -0.2) is 112 Å². The molecule has 0 spiro atoms. The van der Waals surface area contributed by atoms with Crippen molar-refractivity contribution in [3.8, 4) is 5.75 Å². The summed E-state index contributed by atoms with van der Waals surface area (Å²) in [6.07, 6.45) is 0. The van der Waals surface area contributed by atoms with Gasteiger partial charge in [0.25, 0.3) is 29.2 Å². The van der Waals surface area contributed by atoms with Crippen molar-refractivity contribution < 1.29 is 53.8 Å². The zero-order chi connectivity index (χ0) is 30.0. The molecule has 3 heterocycles. The first kappa shape index (κ1) is 29.1. The third-order valence-electron chi connectivity index (χ3n) is 7.39. The molecule has 13 nitrogen and oxygen atoms in total. The zero-order valence-electron chi connectivity index (χ0n) is 21.4. The zero-order valence-corrected chi connectivity index (χ0v) is 21.4. The average molecular weight is 567 g/mol. The van der Waals surface area contributed by atoms with Gasteiger partial charge in [0.05, 0.1) is 25.2 Å². The summed E-state index contributed by atoms with van der Waals surface area (Å²) in [7, 11) is 12.4. The number of imide groups is 1. The van der Waals surface area contributed by atoms with E-state index in [4.69, 9.17) is 25.2 Å². The Morgan fingerprint density at radius 2 is 1.71 bits per heavy atom. The monoisotopic (exact) mass is 567 g/mol. The lowest BCUT2D eigenvalue weighted by atomic mass is 9.60. The van der Waals surface area contributed by atoms with Crippen LogP contribution in [0.4, 0.5) is 4.39 Å². The third kappa shape index (κ3) is 4.52. The molecule has 212 valence electrons. The fourth-order valence-corrected chi connectivity index (χ4v) is 5.03. The SMILES string of the molecule is [B]C([B])(Oc1cccc2c1CN(C1(O)C(=O)NC(=O)C(O)(O)C1(O)O)C2=O)c1cc(CN2CCOCC2)ccc1F. The molecule has 0 bridgehead atoms. The summed E-state index contributed by atoms with van der Waals surface area (Å²) in [5.74, 6) is -14.3. The van der Waals surface area contributed by atoms with Crippen LogP contribution >= 0.6 is 0 Å². The van der Waals surface area contributed by atoms with E-state index in [1.807, 2.05) is 0 Å². The Labute approximate surface area is 234 Å². The first-order valence-corrected chi connectivity index (χ1v) is 12.4. The number of amides is 3. The number of carbonyl (C=O) groups excluding carboxylic acids is 3. The second kappa shape index (κ2) is 9.87. The number of morpholine rings is 1. The lowest BCUT2D eigenvalue weighted by molar-refractivity contribution is -0.407. The Kier molecular flexibility index (Phi) is 7.02. The van der Waals surface area contributed by atoms with Gasteiger partial charge in [-0.25, -0.2) is 4.39 Å². The number of halogens is 1. The number of aliphatic hydroxyl groups is 5. The molecule has 2 fully saturated rings. The van der Waals surface area contributed by atoms with Crippen molar-refractivity contribution in [3.63, 3.8) is 0 Å². The van der Waals surface area contributed by atoms with E-state index in [0.29, 0.717) is 38.4 Å². The Balaban J connectivity index is 1.45. The molecule has 4 radical (unpaired) electrons. The Morgan fingerprint density at radius 3 is 2.39 bits per heavy atom. The standard InChI is InChI=1S/C25H24B2FN3O10/c26-24(27,16-10-13(4-5-17(16)28)11-30-6-8-40-9-7-30)41-18-3-1-2-14-15(18)12-31(19(14)32)22(35)20(33)29-21(34)23(36,37)25(22,38)39/h1-5,10,35-39H,6-9,11-12H2,(H,29,33,34). The van der Waals surface area contributed by atoms with Crippen LogP contribution in [0.5, 0.6) is 5.75 Å². The minimum absolute atomic E-state index is 0.0712. The van der Waals surface area contributed by atoms with Gasteiger partial charge >= 0.3 is 5.79 Å². The second-order valence-corrected chi connectivity index (χ2v) is 10.1. The summed E-state index contributed by atoms with van der Waals surface area (Å²) < 4.78 is 26.0. The molecule has 2 aromatic rings. The minimum atomic E-state index is -4.27. The molecule has 3 aliphatic rings. The Morgan fingerprint density at radius 1 is 1.02 bits per heavy atom. The van der Waals surface area contributed by atoms with E-state index < -0.39 is 52.8 Å². The van der Waals surface area contributed by atoms with Gasteiger partial charge in [0, 0.05) is 36.3 Å². The van der Waals surface area contributed by atoms with Gasteiger partial charge in [-0.05, 0) is 29.8 Å². The van der Waals surface area contributed by atoms with Gasteiger partial charge in [-0.15, -0.1) is 0 Å². The van der Waals surface area contributed by atoms with E-state index in [1.54, 1.807) is 6.07 Å². The van der Waals surface area contributed by atoms with Gasteiger partial charge < -0.3 is 35.0 Å². The molecule has 6 N–H and O–H groups in total. The Bertz CT molecular complexity index is 1430. The van der Waals surface area contributed by atoms with Crippen LogP contribution in [0.15, 0.2) is 36.4 Å². The van der Waals surface area contributed by atoms with Gasteiger partial charge in [-0.2, -0.15) is 0 Å². The van der Waals surface area contributed by atoms with E-state index in [1.165, 1.54) is 35.6 Å². The van der Waals surface area contributed by atoms with Crippen LogP contribution in [0.2, 0.25) is 0 Å². The number of piperidine rings is 1. The molecule has 16 heteroatoms. The van der Waals surface area contributed by atoms with Crippen molar-refractivity contribution >= 4 is 33.4 Å². The molecule has 3 aliphatic heterocycles. The fraction of sp³-hybridized carbons (Fsp3) is 0.400. The van der Waals surface area contributed by atoms with Crippen LogP contribution in [-0.2, 0) is 32.8 Å². The molecule has 41 heavy (non-hydrogen) atoms. The van der Waals surface area contributed by atoms with Crippen molar-refractivity contribution in [3.05, 3.63) is 64.5 Å². The van der Waals surface area contributed by atoms with Gasteiger partial charge in [0.1, 0.15) is 27.3 Å². The highest BCUT2D eigenvalue weighted by Gasteiger charge is 2.76. The lowest BCUT2D eigenvalue weighted by Crippen LogP contribution is -2.85. The topological polar surface area (TPSA) is 189 Å². The van der Waals surface area contributed by atoms with E-state index in [9.17, 15) is 44.3 Å². The second-order valence-electron chi connectivity index (χ2n) is 10.1. The van der Waals surface area contributed by atoms with Crippen LogP contribution in [0.1, 0.15) is 27.0 Å². The number of carbonyl (C=O) groups is 3. The molecule has 5 rings (SSSR count). The molecular formula is C25H24B2FN3O10. The summed E-state index contributed by atoms with van der Waals surface area (Å²) >= 11 is 0. The highest BCUT2D eigenvalue weighted by atomic mass is 19.1. The van der Waals surface area contributed by atoms with Crippen molar-refractivity contribution in [2.75, 3.05) is 26.3 Å². The van der Waals surface area contributed by atoms with Crippen LogP contribution in [0.3, 0.4) is 0 Å². The number of hydrogen-bond acceptors (Lipinski definition) is 11. The van der Waals surface area contributed by atoms with Crippen molar-refractivity contribution in [2.45, 2.75) is 35.8 Å². The molecule has 0 saturated carbocycles. The van der Waals surface area contributed by atoms with E-state index in [2.05, 4.69) is 4.90 Å². The number of nitrogens with one attached hydrogen (secondary N) is 1. The highest BCUT2D eigenvalue weighted by molar-refractivity contribution is 6.39. The van der Waals surface area contributed by atoms with Crippen molar-refractivity contribution in [1.29, 1.82) is 0 Å². The lowest BCUT2D eigenvalue weighted by Gasteiger charge is -2.50. The number of benzene rings is 2. The van der Waals surface area contributed by atoms with Gasteiger partial charge in [0.15, 0.2) is 0 Å². The molecule has 0 aliphatic carbocycles. The number of fused-ring (bicyclic) bond motifs is 1. The summed E-state index contributed by atoms with van der Waals surface area (Å²) in [6, 6.07) is 8.05. The summed E-state index contributed by atoms with van der Waals surface area (Å²) in [5.41, 5.74) is -3.60. The van der Waals surface area contributed by atoms with Crippen LogP contribution in [0.25, 0.3) is 0 Å². The first-order chi connectivity index (χ1) is 19.1. The molecule has 0 aromatic heterocycles. The normalized spacial score (nSPS) is 24.2. The summed E-state index contributed by atoms with van der Waals surface area (Å²) in [4.78, 5) is 39.9. The fourth-order valence-electron chi connectivity index (χ4n) is 5.03. The predicted octanol–water partition coefficient (Wildman–Crippen LogP) is -3.15. The number of ether oxygens (including phenoxy) is 2. The third-order valence-corrected chi connectivity index (χ3v) is 7.39. The average Bonchev–Trinajstić information content (AvgIpc) is 3.26. The van der Waals surface area contributed by atoms with E-state index in [-0.39, 0.29) is 27.3 Å². The van der Waals surface area contributed by atoms with Crippen molar-refractivity contribution in [1.82, 2.24) is 15.1 Å². The molecule has 2 aromatic carbocycles. The predicted molar refractivity (Wildman–Crippen MR) is 135 cm³/mol. The van der Waals surface area contributed by atoms with Crippen LogP contribution < -0.4 is 10.1 Å². The van der Waals surface area contributed by atoms with Gasteiger partial charge in [0.2, 0.25) is 0 Å². The maximum absolute atomic E-state index is 14.9. The minimum Gasteiger partial charge on any atom is -0.502 e. The highest BCUT2D eigenvalue weighted by Crippen LogP contribution is 2.43. The van der Waals surface area contributed by atoms with E-state index in [0.717, 1.165) is 0 Å². The largest absolute Gasteiger partial charge is 0.502 e. The van der Waals surface area contributed by atoms with Crippen molar-refractivity contribution in [2.24, 2.45) is 0 Å². The number of nitrogens with zero attached hydrogens (tertiary/aromatic N) is 2. The van der Waals surface area contributed by atoms with Crippen LogP contribution in [0, 0.1) is 5.82 Å². The summed E-state index contributed by atoms with van der Waals surface area (Å²) in [6.45, 7) is 2.15. The first-order valence-electron chi connectivity index (χ1n) is 12.4. The molecule has 1 atom stereocenters. The molecule has 2 saturated heterocycles. The maximum atomic E-state index is 14.9. The quantitative estimate of drug-likeness (QED) is 0.118. The number of rotatable bonds is 6. The molecule has 3 amide bonds.